The molecule has 3 N–H and O–H groups in total. The molecule has 5 heterocycles. The summed E-state index contributed by atoms with van der Waals surface area (Å²) in [6.45, 7) is 0. The van der Waals surface area contributed by atoms with Crippen molar-refractivity contribution in [3.05, 3.63) is 119 Å². The predicted octanol–water partition coefficient (Wildman–Crippen LogP) is 7.43. The van der Waals surface area contributed by atoms with Crippen molar-refractivity contribution in [1.82, 2.24) is 19.9 Å². The first-order valence-electron chi connectivity index (χ1n) is 13.1. The number of carboxylic acids is 1. The number of H-pyrrole nitrogens is 2. The van der Waals surface area contributed by atoms with Gasteiger partial charge in [-0.1, -0.05) is 66.6 Å². The average molecular weight is 531 g/mol. The normalized spacial score (nSPS) is 11.7. The molecule has 0 amide bonds. The number of rotatable bonds is 2. The summed E-state index contributed by atoms with van der Waals surface area (Å²) in [6, 6.07) is 30.4. The highest BCUT2D eigenvalue weighted by Gasteiger charge is 2.16. The van der Waals surface area contributed by atoms with Gasteiger partial charge in [0.15, 0.2) is 0 Å². The predicted molar refractivity (Wildman–Crippen MR) is 164 cm³/mol. The van der Waals surface area contributed by atoms with Gasteiger partial charge in [0.25, 0.3) is 0 Å². The number of aromatic amines is 2. The number of carbonyl (C=O) groups is 1. The third-order valence-electron chi connectivity index (χ3n) is 6.99. The Kier molecular flexibility index (Phi) is 5.88. The van der Waals surface area contributed by atoms with Gasteiger partial charge >= 0.3 is 5.97 Å². The van der Waals surface area contributed by atoms with Crippen molar-refractivity contribution < 1.29 is 9.90 Å². The zero-order chi connectivity index (χ0) is 27.8. The Bertz CT molecular complexity index is 1990. The van der Waals surface area contributed by atoms with Gasteiger partial charge in [0, 0.05) is 39.1 Å². The van der Waals surface area contributed by atoms with Crippen molar-refractivity contribution in [3.63, 3.8) is 0 Å². The highest BCUT2D eigenvalue weighted by molar-refractivity contribution is 5.95. The van der Waals surface area contributed by atoms with Crippen molar-refractivity contribution >= 4 is 52.3 Å². The molecule has 7 rings (SSSR count). The molecule has 5 aromatic rings. The lowest BCUT2D eigenvalue weighted by molar-refractivity contribution is -0.130. The van der Waals surface area contributed by atoms with Gasteiger partial charge < -0.3 is 15.1 Å². The molecule has 0 saturated heterocycles. The molecular weight excluding hydrogens is 508 g/mol. The summed E-state index contributed by atoms with van der Waals surface area (Å²) in [4.78, 5) is 28.5. The molecule has 2 aliphatic heterocycles. The number of hydrogen-bond donors (Lipinski definition) is 3. The first-order chi connectivity index (χ1) is 20.1. The van der Waals surface area contributed by atoms with Crippen LogP contribution in [0.4, 0.5) is 0 Å². The third kappa shape index (κ3) is 4.62. The second-order valence-electron chi connectivity index (χ2n) is 9.64. The Morgan fingerprint density at radius 1 is 0.610 bits per heavy atom. The summed E-state index contributed by atoms with van der Waals surface area (Å²) in [5, 5.41) is 9.37. The topological polar surface area (TPSA) is 94.7 Å². The number of benzene rings is 2. The monoisotopic (exact) mass is 530 g/mol. The lowest BCUT2D eigenvalue weighted by Gasteiger charge is -2.04. The Hall–Kier alpha value is -5.93. The van der Waals surface area contributed by atoms with Gasteiger partial charge in [0.05, 0.1) is 28.3 Å². The molecule has 194 valence electrons. The summed E-state index contributed by atoms with van der Waals surface area (Å²) in [5.41, 5.74) is 10.6. The van der Waals surface area contributed by atoms with Gasteiger partial charge in [-0.25, -0.2) is 14.8 Å². The molecule has 2 aliphatic rings. The van der Waals surface area contributed by atoms with E-state index in [-0.39, 0.29) is 0 Å². The molecule has 0 atom stereocenters. The number of aromatic nitrogens is 4. The molecular formula is C35H22N4O2. The molecule has 2 aromatic carbocycles. The van der Waals surface area contributed by atoms with Crippen LogP contribution in [-0.2, 0) is 4.79 Å². The van der Waals surface area contributed by atoms with Crippen LogP contribution in [0.2, 0.25) is 0 Å². The molecule has 0 saturated carbocycles. The zero-order valence-corrected chi connectivity index (χ0v) is 21.7. The summed E-state index contributed by atoms with van der Waals surface area (Å²) < 4.78 is 0. The maximum atomic E-state index is 11.5. The molecule has 8 bridgehead atoms. The van der Waals surface area contributed by atoms with E-state index in [0.717, 1.165) is 55.7 Å². The van der Waals surface area contributed by atoms with Crippen molar-refractivity contribution in [2.75, 3.05) is 0 Å². The molecule has 0 spiro atoms. The van der Waals surface area contributed by atoms with Crippen LogP contribution in [0.5, 0.6) is 0 Å². The van der Waals surface area contributed by atoms with Crippen molar-refractivity contribution in [2.24, 2.45) is 0 Å². The highest BCUT2D eigenvalue weighted by atomic mass is 16.4. The molecule has 0 fully saturated rings. The van der Waals surface area contributed by atoms with Crippen LogP contribution in [0.15, 0.2) is 91.0 Å². The minimum absolute atomic E-state index is 0.449. The number of nitrogens with one attached hydrogen (secondary N) is 2. The second-order valence-corrected chi connectivity index (χ2v) is 9.64. The van der Waals surface area contributed by atoms with Crippen LogP contribution in [-0.4, -0.2) is 31.0 Å². The third-order valence-corrected chi connectivity index (χ3v) is 6.99. The summed E-state index contributed by atoms with van der Waals surface area (Å²) in [6.07, 6.45) is 7.60. The summed E-state index contributed by atoms with van der Waals surface area (Å²) in [5.74, 6) is 3.88. The average Bonchev–Trinajstić information content (AvgIpc) is 3.80. The van der Waals surface area contributed by atoms with Gasteiger partial charge in [-0.2, -0.15) is 0 Å². The van der Waals surface area contributed by atoms with E-state index in [0.29, 0.717) is 17.0 Å². The SMILES string of the molecule is O=C(O)C#Cc1c2nc(c(-c3ccccc3)c3ccc(cc4ccc([nH]4)c(-c4ccccc4)c4nc1C=C4)[nH]3)C=C2. The first-order valence-corrected chi connectivity index (χ1v) is 13.1. The second kappa shape index (κ2) is 9.99. The van der Waals surface area contributed by atoms with E-state index in [2.05, 4.69) is 27.9 Å². The molecule has 41 heavy (non-hydrogen) atoms. The standard InChI is InChI=1S/C35H22N4O2/c40-33(41)20-13-26-27-16-18-31(38-27)34(22-7-3-1-4-8-22)29-14-11-24(36-29)21-25-12-15-30(37-25)35(23-9-5-2-6-10-23)32-19-17-28(26)39-32/h1-12,14-19,21,36-37H,(H,40,41). The van der Waals surface area contributed by atoms with Crippen LogP contribution in [0.25, 0.3) is 68.6 Å². The Morgan fingerprint density at radius 2 is 1.07 bits per heavy atom. The van der Waals surface area contributed by atoms with E-state index < -0.39 is 5.97 Å². The summed E-state index contributed by atoms with van der Waals surface area (Å²) >= 11 is 0. The number of fused-ring (bicyclic) bond motifs is 8. The minimum Gasteiger partial charge on any atom is -0.472 e. The fourth-order valence-electron chi connectivity index (χ4n) is 5.20. The van der Waals surface area contributed by atoms with Crippen LogP contribution in [0, 0.1) is 11.8 Å². The maximum Gasteiger partial charge on any atom is 0.382 e. The highest BCUT2D eigenvalue weighted by Crippen LogP contribution is 2.33. The number of carboxylic acid groups (broad SMARTS) is 1. The van der Waals surface area contributed by atoms with E-state index in [9.17, 15) is 9.90 Å². The smallest absolute Gasteiger partial charge is 0.382 e. The van der Waals surface area contributed by atoms with Crippen molar-refractivity contribution in [3.8, 4) is 34.1 Å². The Morgan fingerprint density at radius 3 is 1.54 bits per heavy atom. The van der Waals surface area contributed by atoms with E-state index in [4.69, 9.17) is 9.97 Å². The lowest BCUT2D eigenvalue weighted by atomic mass is 10.0. The van der Waals surface area contributed by atoms with Gasteiger partial charge in [0.2, 0.25) is 0 Å². The van der Waals surface area contributed by atoms with E-state index in [1.165, 1.54) is 0 Å². The van der Waals surface area contributed by atoms with Crippen LogP contribution >= 0.6 is 0 Å². The maximum absolute atomic E-state index is 11.5. The molecule has 0 unspecified atom stereocenters. The lowest BCUT2D eigenvalue weighted by Crippen LogP contribution is -1.93. The van der Waals surface area contributed by atoms with Crippen LogP contribution < -0.4 is 0 Å². The Labute approximate surface area is 235 Å². The van der Waals surface area contributed by atoms with E-state index in [1.807, 2.05) is 109 Å². The van der Waals surface area contributed by atoms with Gasteiger partial charge in [-0.15, -0.1) is 0 Å². The largest absolute Gasteiger partial charge is 0.472 e. The van der Waals surface area contributed by atoms with Crippen molar-refractivity contribution in [1.29, 1.82) is 0 Å². The zero-order valence-electron chi connectivity index (χ0n) is 21.7. The number of aliphatic carboxylic acids is 1. The van der Waals surface area contributed by atoms with Gasteiger partial charge in [0.1, 0.15) is 0 Å². The molecule has 0 radical (unpaired) electrons. The van der Waals surface area contributed by atoms with Gasteiger partial charge in [-0.05, 0) is 65.8 Å². The quantitative estimate of drug-likeness (QED) is 0.203. The van der Waals surface area contributed by atoms with Crippen LogP contribution in [0.1, 0.15) is 28.3 Å². The first kappa shape index (κ1) is 24.1. The summed E-state index contributed by atoms with van der Waals surface area (Å²) in [7, 11) is 0. The molecule has 3 aromatic heterocycles. The molecule has 6 nitrogen and oxygen atoms in total. The Balaban J connectivity index is 1.64. The van der Waals surface area contributed by atoms with Crippen LogP contribution in [0.3, 0.4) is 0 Å². The fourth-order valence-corrected chi connectivity index (χ4v) is 5.20. The molecule has 6 heteroatoms. The number of nitrogens with zero attached hydrogens (tertiary/aromatic N) is 2. The minimum atomic E-state index is -1.22. The fraction of sp³-hybridized carbons (Fsp3) is 0. The van der Waals surface area contributed by atoms with E-state index >= 15 is 0 Å². The number of hydrogen-bond acceptors (Lipinski definition) is 3. The van der Waals surface area contributed by atoms with Crippen molar-refractivity contribution in [2.45, 2.75) is 0 Å². The van der Waals surface area contributed by atoms with Gasteiger partial charge in [-0.3, -0.25) is 0 Å². The molecule has 0 aliphatic carbocycles. The van der Waals surface area contributed by atoms with E-state index in [1.54, 1.807) is 0 Å².